The van der Waals surface area contributed by atoms with Gasteiger partial charge in [0.15, 0.2) is 0 Å². The Labute approximate surface area is 107 Å². The highest BCUT2D eigenvalue weighted by Crippen LogP contribution is 2.19. The summed E-state index contributed by atoms with van der Waals surface area (Å²) in [5, 5.41) is 0. The molecule has 0 bridgehead atoms. The molecule has 94 valence electrons. The Morgan fingerprint density at radius 3 is 2.61 bits per heavy atom. The van der Waals surface area contributed by atoms with Gasteiger partial charge in [-0.25, -0.2) is 4.39 Å². The van der Waals surface area contributed by atoms with Gasteiger partial charge in [0.1, 0.15) is 5.82 Å². The lowest BCUT2D eigenvalue weighted by Gasteiger charge is -2.12. The minimum atomic E-state index is -0.325. The lowest BCUT2D eigenvalue weighted by atomic mass is 10.00. The molecule has 0 aliphatic carbocycles. The molecular weight excluding hydrogens is 227 g/mol. The third-order valence-electron chi connectivity index (χ3n) is 3.07. The maximum absolute atomic E-state index is 13.5. The standard InChI is InChI=1S/C15H17FN2/c1-11-2-4-12(5-3-11)6-7-15(17)13-8-9-18-10-14(13)16/h2-5,8-10,15H,6-7,17H2,1H3. The Kier molecular flexibility index (Phi) is 4.05. The predicted octanol–water partition coefficient (Wildman–Crippen LogP) is 3.16. The normalized spacial score (nSPS) is 12.4. The summed E-state index contributed by atoms with van der Waals surface area (Å²) in [6.45, 7) is 2.06. The maximum atomic E-state index is 13.5. The van der Waals surface area contributed by atoms with E-state index in [1.54, 1.807) is 12.3 Å². The number of hydrogen-bond donors (Lipinski definition) is 1. The van der Waals surface area contributed by atoms with E-state index in [0.29, 0.717) is 5.56 Å². The first kappa shape index (κ1) is 12.7. The number of aryl methyl sites for hydroxylation is 2. The monoisotopic (exact) mass is 244 g/mol. The summed E-state index contributed by atoms with van der Waals surface area (Å²) in [6.07, 6.45) is 4.36. The van der Waals surface area contributed by atoms with Crippen LogP contribution in [-0.4, -0.2) is 4.98 Å². The van der Waals surface area contributed by atoms with Gasteiger partial charge < -0.3 is 5.73 Å². The van der Waals surface area contributed by atoms with Gasteiger partial charge in [-0.2, -0.15) is 0 Å². The smallest absolute Gasteiger partial charge is 0.146 e. The van der Waals surface area contributed by atoms with Crippen molar-refractivity contribution in [3.05, 3.63) is 65.2 Å². The summed E-state index contributed by atoms with van der Waals surface area (Å²) in [5.74, 6) is -0.325. The summed E-state index contributed by atoms with van der Waals surface area (Å²) in [7, 11) is 0. The lowest BCUT2D eigenvalue weighted by molar-refractivity contribution is 0.559. The molecule has 0 aliphatic heterocycles. The Morgan fingerprint density at radius 2 is 1.94 bits per heavy atom. The highest BCUT2D eigenvalue weighted by atomic mass is 19.1. The number of benzene rings is 1. The molecule has 0 spiro atoms. The first-order valence-electron chi connectivity index (χ1n) is 6.07. The first-order chi connectivity index (χ1) is 8.66. The van der Waals surface area contributed by atoms with E-state index >= 15 is 0 Å². The number of rotatable bonds is 4. The van der Waals surface area contributed by atoms with Gasteiger partial charge in [0.05, 0.1) is 6.20 Å². The van der Waals surface area contributed by atoms with Crippen LogP contribution in [0.25, 0.3) is 0 Å². The highest BCUT2D eigenvalue weighted by molar-refractivity contribution is 5.22. The van der Waals surface area contributed by atoms with Crippen molar-refractivity contribution >= 4 is 0 Å². The molecule has 2 aromatic rings. The number of pyridine rings is 1. The van der Waals surface area contributed by atoms with E-state index in [4.69, 9.17) is 5.73 Å². The minimum absolute atomic E-state index is 0.283. The van der Waals surface area contributed by atoms with Crippen LogP contribution < -0.4 is 5.73 Å². The van der Waals surface area contributed by atoms with E-state index in [-0.39, 0.29) is 11.9 Å². The Bertz CT molecular complexity index is 508. The van der Waals surface area contributed by atoms with Gasteiger partial charge in [-0.15, -0.1) is 0 Å². The van der Waals surface area contributed by atoms with Crippen LogP contribution >= 0.6 is 0 Å². The second kappa shape index (κ2) is 5.74. The van der Waals surface area contributed by atoms with Crippen molar-refractivity contribution in [2.75, 3.05) is 0 Å². The van der Waals surface area contributed by atoms with Crippen molar-refractivity contribution in [2.45, 2.75) is 25.8 Å². The quantitative estimate of drug-likeness (QED) is 0.897. The van der Waals surface area contributed by atoms with Gasteiger partial charge in [-0.1, -0.05) is 29.8 Å². The molecule has 0 saturated heterocycles. The number of nitrogens with zero attached hydrogens (tertiary/aromatic N) is 1. The fourth-order valence-corrected chi connectivity index (χ4v) is 1.92. The molecule has 1 heterocycles. The molecule has 1 unspecified atom stereocenters. The van der Waals surface area contributed by atoms with E-state index in [1.807, 2.05) is 0 Å². The van der Waals surface area contributed by atoms with Crippen LogP contribution in [0, 0.1) is 12.7 Å². The molecule has 0 amide bonds. The van der Waals surface area contributed by atoms with Crippen molar-refractivity contribution < 1.29 is 4.39 Å². The van der Waals surface area contributed by atoms with Crippen LogP contribution in [0.3, 0.4) is 0 Å². The van der Waals surface area contributed by atoms with Gasteiger partial charge in [0.25, 0.3) is 0 Å². The summed E-state index contributed by atoms with van der Waals surface area (Å²) in [5.41, 5.74) is 9.01. The molecule has 2 rings (SSSR count). The van der Waals surface area contributed by atoms with Gasteiger partial charge in [-0.05, 0) is 31.4 Å². The molecule has 0 fully saturated rings. The zero-order chi connectivity index (χ0) is 13.0. The largest absolute Gasteiger partial charge is 0.324 e. The zero-order valence-corrected chi connectivity index (χ0v) is 10.4. The highest BCUT2D eigenvalue weighted by Gasteiger charge is 2.10. The van der Waals surface area contributed by atoms with Crippen LogP contribution in [0.15, 0.2) is 42.7 Å². The van der Waals surface area contributed by atoms with Crippen LogP contribution in [0.5, 0.6) is 0 Å². The zero-order valence-electron chi connectivity index (χ0n) is 10.4. The molecule has 0 radical (unpaired) electrons. The molecule has 1 aromatic carbocycles. The van der Waals surface area contributed by atoms with E-state index in [2.05, 4.69) is 36.2 Å². The van der Waals surface area contributed by atoms with Gasteiger partial charge in [0.2, 0.25) is 0 Å². The van der Waals surface area contributed by atoms with E-state index in [1.165, 1.54) is 17.3 Å². The number of halogens is 1. The molecule has 18 heavy (non-hydrogen) atoms. The van der Waals surface area contributed by atoms with Gasteiger partial charge in [-0.3, -0.25) is 4.98 Å². The fourth-order valence-electron chi connectivity index (χ4n) is 1.92. The van der Waals surface area contributed by atoms with Crippen LogP contribution in [0.1, 0.15) is 29.2 Å². The second-order valence-corrected chi connectivity index (χ2v) is 4.53. The predicted molar refractivity (Wildman–Crippen MR) is 70.6 cm³/mol. The fraction of sp³-hybridized carbons (Fsp3) is 0.267. The minimum Gasteiger partial charge on any atom is -0.324 e. The van der Waals surface area contributed by atoms with E-state index in [9.17, 15) is 4.39 Å². The molecule has 0 aliphatic rings. The van der Waals surface area contributed by atoms with Gasteiger partial charge >= 0.3 is 0 Å². The summed E-state index contributed by atoms with van der Waals surface area (Å²) >= 11 is 0. The number of aromatic nitrogens is 1. The van der Waals surface area contributed by atoms with E-state index in [0.717, 1.165) is 12.8 Å². The van der Waals surface area contributed by atoms with Crippen molar-refractivity contribution in [2.24, 2.45) is 5.73 Å². The summed E-state index contributed by atoms with van der Waals surface area (Å²) < 4.78 is 13.5. The van der Waals surface area contributed by atoms with Crippen molar-refractivity contribution in [3.63, 3.8) is 0 Å². The molecule has 2 N–H and O–H groups in total. The van der Waals surface area contributed by atoms with Crippen molar-refractivity contribution in [1.29, 1.82) is 0 Å². The average molecular weight is 244 g/mol. The molecular formula is C15H17FN2. The van der Waals surface area contributed by atoms with E-state index < -0.39 is 0 Å². The Balaban J connectivity index is 1.98. The molecule has 2 nitrogen and oxygen atoms in total. The third kappa shape index (κ3) is 3.14. The third-order valence-corrected chi connectivity index (χ3v) is 3.07. The lowest BCUT2D eigenvalue weighted by Crippen LogP contribution is -2.13. The van der Waals surface area contributed by atoms with Crippen LogP contribution in [0.2, 0.25) is 0 Å². The Morgan fingerprint density at radius 1 is 1.22 bits per heavy atom. The second-order valence-electron chi connectivity index (χ2n) is 4.53. The average Bonchev–Trinajstić information content (AvgIpc) is 2.38. The van der Waals surface area contributed by atoms with Crippen LogP contribution in [0.4, 0.5) is 4.39 Å². The Hall–Kier alpha value is -1.74. The number of nitrogens with two attached hydrogens (primary N) is 1. The molecule has 1 atom stereocenters. The SMILES string of the molecule is Cc1ccc(CCC(N)c2ccncc2F)cc1. The topological polar surface area (TPSA) is 38.9 Å². The summed E-state index contributed by atoms with van der Waals surface area (Å²) in [6, 6.07) is 9.70. The maximum Gasteiger partial charge on any atom is 0.146 e. The summed E-state index contributed by atoms with van der Waals surface area (Å²) in [4.78, 5) is 3.72. The number of hydrogen-bond acceptors (Lipinski definition) is 2. The molecule has 3 heteroatoms. The van der Waals surface area contributed by atoms with Gasteiger partial charge in [0, 0.05) is 17.8 Å². The van der Waals surface area contributed by atoms with Crippen LogP contribution in [-0.2, 0) is 6.42 Å². The molecule has 1 aromatic heterocycles. The molecule has 0 saturated carbocycles. The first-order valence-corrected chi connectivity index (χ1v) is 6.07. The van der Waals surface area contributed by atoms with Crippen molar-refractivity contribution in [3.8, 4) is 0 Å². The van der Waals surface area contributed by atoms with Crippen molar-refractivity contribution in [1.82, 2.24) is 4.98 Å².